The quantitative estimate of drug-likeness (QED) is 0.592. The van der Waals surface area contributed by atoms with Crippen LogP contribution in [0.25, 0.3) is 10.8 Å². The third-order valence-corrected chi connectivity index (χ3v) is 4.39. The van der Waals surface area contributed by atoms with Crippen LogP contribution in [0.15, 0.2) is 67.0 Å². The van der Waals surface area contributed by atoms with E-state index in [0.717, 1.165) is 5.56 Å². The Morgan fingerprint density at radius 1 is 0.850 bits per heavy atom. The average molecular weight is 282 g/mol. The van der Waals surface area contributed by atoms with Gasteiger partial charge in [-0.2, -0.15) is 0 Å². The summed E-state index contributed by atoms with van der Waals surface area (Å²) >= 11 is 6.67. The molecule has 3 aromatic rings. The Kier molecular flexibility index (Phi) is 3.70. The van der Waals surface area contributed by atoms with Gasteiger partial charge in [-0.1, -0.05) is 43.3 Å². The molecular formula is C18H16ClN. The normalized spacial score (nSPS) is 14.1. The van der Waals surface area contributed by atoms with Crippen LogP contribution in [0.4, 0.5) is 0 Å². The SMILES string of the molecule is CC(c1ccncc1)C(Cl)c1ccc2ccccc2c1. The zero-order chi connectivity index (χ0) is 13.9. The lowest BCUT2D eigenvalue weighted by molar-refractivity contribution is 0.731. The summed E-state index contributed by atoms with van der Waals surface area (Å²) in [5, 5.41) is 2.44. The maximum atomic E-state index is 6.67. The second kappa shape index (κ2) is 5.64. The van der Waals surface area contributed by atoms with Crippen molar-refractivity contribution in [3.8, 4) is 0 Å². The highest BCUT2D eigenvalue weighted by Gasteiger charge is 2.18. The molecule has 0 N–H and O–H groups in total. The molecule has 1 aromatic heterocycles. The zero-order valence-corrected chi connectivity index (χ0v) is 12.1. The molecule has 2 unspecified atom stereocenters. The van der Waals surface area contributed by atoms with Gasteiger partial charge in [0.25, 0.3) is 0 Å². The van der Waals surface area contributed by atoms with E-state index in [-0.39, 0.29) is 11.3 Å². The molecule has 0 spiro atoms. The Hall–Kier alpha value is -1.86. The maximum Gasteiger partial charge on any atom is 0.0651 e. The van der Waals surface area contributed by atoms with E-state index < -0.39 is 0 Å². The Balaban J connectivity index is 1.94. The van der Waals surface area contributed by atoms with E-state index >= 15 is 0 Å². The van der Waals surface area contributed by atoms with Gasteiger partial charge in [-0.05, 0) is 40.1 Å². The first kappa shape index (κ1) is 13.1. The summed E-state index contributed by atoms with van der Waals surface area (Å²) in [4.78, 5) is 4.06. The number of pyridine rings is 1. The molecule has 0 amide bonds. The van der Waals surface area contributed by atoms with Crippen molar-refractivity contribution in [3.63, 3.8) is 0 Å². The van der Waals surface area contributed by atoms with Crippen LogP contribution in [-0.4, -0.2) is 4.98 Å². The van der Waals surface area contributed by atoms with E-state index in [1.165, 1.54) is 16.3 Å². The molecule has 0 saturated carbocycles. The number of rotatable bonds is 3. The van der Waals surface area contributed by atoms with Crippen molar-refractivity contribution >= 4 is 22.4 Å². The Morgan fingerprint density at radius 2 is 1.55 bits per heavy atom. The molecule has 3 rings (SSSR count). The fraction of sp³-hybridized carbons (Fsp3) is 0.167. The van der Waals surface area contributed by atoms with E-state index in [0.29, 0.717) is 0 Å². The van der Waals surface area contributed by atoms with Gasteiger partial charge >= 0.3 is 0 Å². The van der Waals surface area contributed by atoms with Gasteiger partial charge in [0.2, 0.25) is 0 Å². The van der Waals surface area contributed by atoms with Gasteiger partial charge in [-0.15, -0.1) is 11.6 Å². The molecule has 2 aromatic carbocycles. The van der Waals surface area contributed by atoms with Crippen LogP contribution in [0.3, 0.4) is 0 Å². The molecule has 0 radical (unpaired) electrons. The lowest BCUT2D eigenvalue weighted by Gasteiger charge is -2.19. The summed E-state index contributed by atoms with van der Waals surface area (Å²) in [5.74, 6) is 0.251. The summed E-state index contributed by atoms with van der Waals surface area (Å²) in [6.07, 6.45) is 3.63. The number of hydrogen-bond donors (Lipinski definition) is 0. The van der Waals surface area contributed by atoms with E-state index in [1.54, 1.807) is 0 Å². The van der Waals surface area contributed by atoms with Gasteiger partial charge in [0.1, 0.15) is 0 Å². The first-order valence-electron chi connectivity index (χ1n) is 6.78. The van der Waals surface area contributed by atoms with Crippen molar-refractivity contribution < 1.29 is 0 Å². The van der Waals surface area contributed by atoms with Crippen LogP contribution < -0.4 is 0 Å². The third-order valence-electron chi connectivity index (χ3n) is 3.76. The van der Waals surface area contributed by atoms with Gasteiger partial charge in [0, 0.05) is 18.3 Å². The second-order valence-corrected chi connectivity index (χ2v) is 5.55. The molecule has 0 aliphatic carbocycles. The number of hydrogen-bond acceptors (Lipinski definition) is 1. The Bertz CT molecular complexity index is 709. The van der Waals surface area contributed by atoms with Crippen LogP contribution in [0.1, 0.15) is 29.3 Å². The molecule has 2 heteroatoms. The number of fused-ring (bicyclic) bond motifs is 1. The number of halogens is 1. The predicted molar refractivity (Wildman–Crippen MR) is 85.2 cm³/mol. The van der Waals surface area contributed by atoms with Crippen molar-refractivity contribution in [2.75, 3.05) is 0 Å². The van der Waals surface area contributed by atoms with Crippen molar-refractivity contribution in [2.45, 2.75) is 18.2 Å². The minimum Gasteiger partial charge on any atom is -0.265 e. The summed E-state index contributed by atoms with van der Waals surface area (Å²) in [5.41, 5.74) is 2.38. The molecule has 0 aliphatic rings. The smallest absolute Gasteiger partial charge is 0.0651 e. The fourth-order valence-corrected chi connectivity index (χ4v) is 2.79. The van der Waals surface area contributed by atoms with Crippen LogP contribution in [0, 0.1) is 0 Å². The molecule has 0 bridgehead atoms. The van der Waals surface area contributed by atoms with E-state index in [2.05, 4.69) is 54.4 Å². The van der Waals surface area contributed by atoms with Crippen molar-refractivity contribution in [2.24, 2.45) is 0 Å². The van der Waals surface area contributed by atoms with E-state index in [1.807, 2.05) is 24.5 Å². The molecule has 2 atom stereocenters. The molecule has 1 nitrogen and oxygen atoms in total. The summed E-state index contributed by atoms with van der Waals surface area (Å²) in [6.45, 7) is 2.15. The number of aromatic nitrogens is 1. The molecular weight excluding hydrogens is 266 g/mol. The highest BCUT2D eigenvalue weighted by atomic mass is 35.5. The molecule has 20 heavy (non-hydrogen) atoms. The molecule has 0 saturated heterocycles. The summed E-state index contributed by atoms with van der Waals surface area (Å²) in [6, 6.07) is 18.9. The topological polar surface area (TPSA) is 12.9 Å². The number of nitrogens with zero attached hydrogens (tertiary/aromatic N) is 1. The third kappa shape index (κ3) is 2.54. The van der Waals surface area contributed by atoms with Gasteiger partial charge in [0.05, 0.1) is 5.38 Å². The van der Waals surface area contributed by atoms with Gasteiger partial charge in [0.15, 0.2) is 0 Å². The summed E-state index contributed by atoms with van der Waals surface area (Å²) < 4.78 is 0. The highest BCUT2D eigenvalue weighted by molar-refractivity contribution is 6.21. The maximum absolute atomic E-state index is 6.67. The minimum atomic E-state index is -0.0398. The van der Waals surface area contributed by atoms with Crippen molar-refractivity contribution in [1.82, 2.24) is 4.98 Å². The zero-order valence-electron chi connectivity index (χ0n) is 11.3. The number of benzene rings is 2. The molecule has 0 aliphatic heterocycles. The van der Waals surface area contributed by atoms with Crippen LogP contribution in [0.2, 0.25) is 0 Å². The van der Waals surface area contributed by atoms with Gasteiger partial charge < -0.3 is 0 Å². The van der Waals surface area contributed by atoms with Gasteiger partial charge in [-0.25, -0.2) is 0 Å². The van der Waals surface area contributed by atoms with Gasteiger partial charge in [-0.3, -0.25) is 4.98 Å². The van der Waals surface area contributed by atoms with Crippen molar-refractivity contribution in [3.05, 3.63) is 78.1 Å². The monoisotopic (exact) mass is 281 g/mol. The largest absolute Gasteiger partial charge is 0.265 e. The van der Waals surface area contributed by atoms with E-state index in [4.69, 9.17) is 11.6 Å². The second-order valence-electron chi connectivity index (χ2n) is 5.08. The minimum absolute atomic E-state index is 0.0398. The lowest BCUT2D eigenvalue weighted by atomic mass is 9.93. The fourth-order valence-electron chi connectivity index (χ4n) is 2.50. The standard InChI is InChI=1S/C18H16ClN/c1-13(14-8-10-20-11-9-14)18(19)17-7-6-15-4-2-3-5-16(15)12-17/h2-13,18H,1H3. The predicted octanol–water partition coefficient (Wildman–Crippen LogP) is 5.32. The first-order valence-corrected chi connectivity index (χ1v) is 7.22. The number of alkyl halides is 1. The molecule has 100 valence electrons. The van der Waals surface area contributed by atoms with Crippen LogP contribution in [0.5, 0.6) is 0 Å². The summed E-state index contributed by atoms with van der Waals surface area (Å²) in [7, 11) is 0. The molecule has 0 fully saturated rings. The highest BCUT2D eigenvalue weighted by Crippen LogP contribution is 2.36. The Morgan fingerprint density at radius 3 is 2.30 bits per heavy atom. The van der Waals surface area contributed by atoms with E-state index in [9.17, 15) is 0 Å². The van der Waals surface area contributed by atoms with Crippen LogP contribution >= 0.6 is 11.6 Å². The lowest BCUT2D eigenvalue weighted by Crippen LogP contribution is -2.02. The Labute approximate surface area is 124 Å². The van der Waals surface area contributed by atoms with Crippen LogP contribution in [-0.2, 0) is 0 Å². The van der Waals surface area contributed by atoms with Crippen molar-refractivity contribution in [1.29, 1.82) is 0 Å². The first-order chi connectivity index (χ1) is 9.75. The molecule has 1 heterocycles. The average Bonchev–Trinajstić information content (AvgIpc) is 2.54.